The molecule has 1 aromatic carbocycles. The predicted octanol–water partition coefficient (Wildman–Crippen LogP) is 2.61. The standard InChI is InChI=1S/C17H18N4O/c1-2-5-13-12(4-1)20-16(21-13)7-10-18-14-8-11-22-15-6-3-9-19-17(14)15/h1-6,9,14,18H,7-8,10-11H2,(H,20,21). The number of benzene rings is 1. The summed E-state index contributed by atoms with van der Waals surface area (Å²) in [5, 5.41) is 3.57. The molecular formula is C17H18N4O. The van der Waals surface area contributed by atoms with Crippen LogP contribution < -0.4 is 10.1 Å². The van der Waals surface area contributed by atoms with Crippen LogP contribution in [0.25, 0.3) is 11.0 Å². The number of nitrogens with zero attached hydrogens (tertiary/aromatic N) is 2. The molecule has 2 aromatic heterocycles. The molecule has 2 N–H and O–H groups in total. The van der Waals surface area contributed by atoms with Gasteiger partial charge in [-0.15, -0.1) is 0 Å². The molecule has 22 heavy (non-hydrogen) atoms. The Morgan fingerprint density at radius 3 is 3.14 bits per heavy atom. The summed E-state index contributed by atoms with van der Waals surface area (Å²) in [5.41, 5.74) is 3.13. The lowest BCUT2D eigenvalue weighted by molar-refractivity contribution is 0.248. The van der Waals surface area contributed by atoms with Crippen LogP contribution in [0, 0.1) is 0 Å². The minimum atomic E-state index is 0.259. The van der Waals surface area contributed by atoms with Gasteiger partial charge in [-0.25, -0.2) is 4.98 Å². The van der Waals surface area contributed by atoms with Gasteiger partial charge < -0.3 is 15.0 Å². The number of hydrogen-bond acceptors (Lipinski definition) is 4. The number of imidazole rings is 1. The summed E-state index contributed by atoms with van der Waals surface area (Å²) in [6.07, 6.45) is 3.64. The van der Waals surface area contributed by atoms with Crippen LogP contribution in [0.1, 0.15) is 24.0 Å². The average Bonchev–Trinajstić information content (AvgIpc) is 2.98. The number of fused-ring (bicyclic) bond motifs is 2. The second kappa shape index (κ2) is 5.77. The van der Waals surface area contributed by atoms with E-state index in [9.17, 15) is 0 Å². The molecule has 0 amide bonds. The molecule has 1 atom stereocenters. The van der Waals surface area contributed by atoms with Crippen molar-refractivity contribution in [1.82, 2.24) is 20.3 Å². The van der Waals surface area contributed by atoms with E-state index in [1.165, 1.54) is 0 Å². The molecule has 3 heterocycles. The molecule has 0 fully saturated rings. The number of pyridine rings is 1. The number of para-hydroxylation sites is 2. The van der Waals surface area contributed by atoms with Crippen LogP contribution in [-0.4, -0.2) is 28.1 Å². The van der Waals surface area contributed by atoms with Crippen molar-refractivity contribution in [2.24, 2.45) is 0 Å². The molecule has 0 bridgehead atoms. The van der Waals surface area contributed by atoms with Gasteiger partial charge >= 0.3 is 0 Å². The maximum absolute atomic E-state index is 5.64. The van der Waals surface area contributed by atoms with Gasteiger partial charge in [0.1, 0.15) is 11.6 Å². The Morgan fingerprint density at radius 1 is 1.23 bits per heavy atom. The molecular weight excluding hydrogens is 276 g/mol. The van der Waals surface area contributed by atoms with Crippen LogP contribution in [0.5, 0.6) is 5.75 Å². The fourth-order valence-electron chi connectivity index (χ4n) is 2.90. The zero-order valence-electron chi connectivity index (χ0n) is 12.2. The number of rotatable bonds is 4. The minimum absolute atomic E-state index is 0.259. The van der Waals surface area contributed by atoms with Gasteiger partial charge in [0.25, 0.3) is 0 Å². The highest BCUT2D eigenvalue weighted by molar-refractivity contribution is 5.74. The highest BCUT2D eigenvalue weighted by Gasteiger charge is 2.21. The van der Waals surface area contributed by atoms with Crippen molar-refractivity contribution in [2.75, 3.05) is 13.2 Å². The van der Waals surface area contributed by atoms with Crippen molar-refractivity contribution in [2.45, 2.75) is 18.9 Å². The largest absolute Gasteiger partial charge is 0.492 e. The van der Waals surface area contributed by atoms with Crippen LogP contribution in [0.15, 0.2) is 42.6 Å². The van der Waals surface area contributed by atoms with Gasteiger partial charge in [-0.1, -0.05) is 12.1 Å². The fourth-order valence-corrected chi connectivity index (χ4v) is 2.90. The van der Waals surface area contributed by atoms with Gasteiger partial charge in [-0.3, -0.25) is 4.98 Å². The van der Waals surface area contributed by atoms with Crippen molar-refractivity contribution in [1.29, 1.82) is 0 Å². The van der Waals surface area contributed by atoms with E-state index < -0.39 is 0 Å². The molecule has 5 heteroatoms. The molecule has 4 rings (SSSR count). The SMILES string of the molecule is c1cnc2c(c1)OCCC2NCCc1nc2ccccc2[nH]1. The molecule has 0 aliphatic carbocycles. The highest BCUT2D eigenvalue weighted by atomic mass is 16.5. The van der Waals surface area contributed by atoms with Gasteiger partial charge in [-0.2, -0.15) is 0 Å². The molecule has 3 aromatic rings. The minimum Gasteiger partial charge on any atom is -0.492 e. The van der Waals surface area contributed by atoms with E-state index in [0.29, 0.717) is 0 Å². The Balaban J connectivity index is 1.41. The van der Waals surface area contributed by atoms with E-state index in [4.69, 9.17) is 4.74 Å². The molecule has 0 spiro atoms. The lowest BCUT2D eigenvalue weighted by atomic mass is 10.1. The summed E-state index contributed by atoms with van der Waals surface area (Å²) in [5.74, 6) is 1.91. The van der Waals surface area contributed by atoms with Crippen LogP contribution in [0.4, 0.5) is 0 Å². The number of nitrogens with one attached hydrogen (secondary N) is 2. The zero-order chi connectivity index (χ0) is 14.8. The maximum Gasteiger partial charge on any atom is 0.142 e. The van der Waals surface area contributed by atoms with Crippen molar-refractivity contribution in [3.05, 3.63) is 54.1 Å². The molecule has 112 valence electrons. The van der Waals surface area contributed by atoms with E-state index in [-0.39, 0.29) is 6.04 Å². The van der Waals surface area contributed by atoms with Gasteiger partial charge in [0.2, 0.25) is 0 Å². The van der Waals surface area contributed by atoms with Crippen molar-refractivity contribution < 1.29 is 4.74 Å². The van der Waals surface area contributed by atoms with Crippen molar-refractivity contribution >= 4 is 11.0 Å². The first kappa shape index (κ1) is 13.3. The lowest BCUT2D eigenvalue weighted by Crippen LogP contribution is -2.29. The molecule has 0 saturated heterocycles. The monoisotopic (exact) mass is 294 g/mol. The van der Waals surface area contributed by atoms with Crippen molar-refractivity contribution in [3.8, 4) is 5.75 Å². The molecule has 1 aliphatic rings. The average molecular weight is 294 g/mol. The Hall–Kier alpha value is -2.40. The number of ether oxygens (including phenoxy) is 1. The van der Waals surface area contributed by atoms with E-state index in [1.54, 1.807) is 0 Å². The normalized spacial score (nSPS) is 17.2. The summed E-state index contributed by atoms with van der Waals surface area (Å²) >= 11 is 0. The number of aromatic nitrogens is 3. The smallest absolute Gasteiger partial charge is 0.142 e. The number of aromatic amines is 1. The third kappa shape index (κ3) is 2.55. The number of hydrogen-bond donors (Lipinski definition) is 2. The summed E-state index contributed by atoms with van der Waals surface area (Å²) < 4.78 is 5.64. The Kier molecular flexibility index (Phi) is 3.48. The molecule has 0 saturated carbocycles. The summed E-state index contributed by atoms with van der Waals surface area (Å²) in [6, 6.07) is 12.3. The first-order valence-corrected chi connectivity index (χ1v) is 7.65. The van der Waals surface area contributed by atoms with Gasteiger partial charge in [0, 0.05) is 25.6 Å². The lowest BCUT2D eigenvalue weighted by Gasteiger charge is -2.25. The van der Waals surface area contributed by atoms with E-state index in [1.807, 2.05) is 36.5 Å². The van der Waals surface area contributed by atoms with E-state index in [2.05, 4.69) is 26.3 Å². The summed E-state index contributed by atoms with van der Waals surface area (Å²) in [4.78, 5) is 12.4. The van der Waals surface area contributed by atoms with Gasteiger partial charge in [0.05, 0.1) is 29.4 Å². The zero-order valence-corrected chi connectivity index (χ0v) is 12.2. The Labute approximate surface area is 128 Å². The molecule has 5 nitrogen and oxygen atoms in total. The van der Waals surface area contributed by atoms with Gasteiger partial charge in [-0.05, 0) is 24.3 Å². The van der Waals surface area contributed by atoms with Crippen LogP contribution in [0.2, 0.25) is 0 Å². The van der Waals surface area contributed by atoms with Gasteiger partial charge in [0.15, 0.2) is 0 Å². The van der Waals surface area contributed by atoms with E-state index >= 15 is 0 Å². The topological polar surface area (TPSA) is 62.8 Å². The van der Waals surface area contributed by atoms with Crippen LogP contribution in [-0.2, 0) is 6.42 Å². The van der Waals surface area contributed by atoms with Crippen LogP contribution >= 0.6 is 0 Å². The molecule has 0 radical (unpaired) electrons. The first-order chi connectivity index (χ1) is 10.9. The molecule has 1 unspecified atom stereocenters. The third-order valence-corrected chi connectivity index (χ3v) is 3.98. The Bertz CT molecular complexity index is 750. The van der Waals surface area contributed by atoms with Crippen molar-refractivity contribution in [3.63, 3.8) is 0 Å². The summed E-state index contributed by atoms with van der Waals surface area (Å²) in [7, 11) is 0. The highest BCUT2D eigenvalue weighted by Crippen LogP contribution is 2.29. The first-order valence-electron chi connectivity index (χ1n) is 7.65. The second-order valence-electron chi connectivity index (χ2n) is 5.48. The Morgan fingerprint density at radius 2 is 2.18 bits per heavy atom. The summed E-state index contributed by atoms with van der Waals surface area (Å²) in [6.45, 7) is 1.60. The molecule has 1 aliphatic heterocycles. The number of H-pyrrole nitrogens is 1. The second-order valence-corrected chi connectivity index (χ2v) is 5.48. The van der Waals surface area contributed by atoms with Crippen LogP contribution in [0.3, 0.4) is 0 Å². The maximum atomic E-state index is 5.64. The van der Waals surface area contributed by atoms with E-state index in [0.717, 1.165) is 54.3 Å². The quantitative estimate of drug-likeness (QED) is 0.776. The predicted molar refractivity (Wildman–Crippen MR) is 84.9 cm³/mol. The fraction of sp³-hybridized carbons (Fsp3) is 0.294. The third-order valence-electron chi connectivity index (χ3n) is 3.98.